The number of rotatable bonds is 5. The van der Waals surface area contributed by atoms with Crippen LogP contribution in [0.2, 0.25) is 0 Å². The van der Waals surface area contributed by atoms with Gasteiger partial charge in [0.05, 0.1) is 6.61 Å². The Bertz CT molecular complexity index is 395. The number of nitriles is 1. The molecule has 5 heteroatoms. The summed E-state index contributed by atoms with van der Waals surface area (Å²) in [4.78, 5) is 13.0. The zero-order valence-electron chi connectivity index (χ0n) is 9.32. The average molecular weight is 238 g/mol. The molecule has 0 spiro atoms. The van der Waals surface area contributed by atoms with Crippen molar-refractivity contribution in [1.82, 2.24) is 5.32 Å². The monoisotopic (exact) mass is 238 g/mol. The lowest BCUT2D eigenvalue weighted by atomic mass is 10.3. The number of hydrogen-bond donors (Lipinski definition) is 1. The van der Waals surface area contributed by atoms with Crippen molar-refractivity contribution in [2.24, 2.45) is 0 Å². The van der Waals surface area contributed by atoms with Crippen molar-refractivity contribution in [3.63, 3.8) is 0 Å². The van der Waals surface area contributed by atoms with E-state index < -0.39 is 0 Å². The van der Waals surface area contributed by atoms with Crippen LogP contribution in [0.15, 0.2) is 12.1 Å². The van der Waals surface area contributed by atoms with Gasteiger partial charge in [-0.1, -0.05) is 0 Å². The van der Waals surface area contributed by atoms with E-state index in [9.17, 15) is 4.79 Å². The van der Waals surface area contributed by atoms with Gasteiger partial charge < -0.3 is 4.74 Å². The number of esters is 1. The molecule has 16 heavy (non-hydrogen) atoms. The molecule has 0 radical (unpaired) electrons. The number of thiophene rings is 1. The van der Waals surface area contributed by atoms with Crippen molar-refractivity contribution >= 4 is 17.3 Å². The van der Waals surface area contributed by atoms with Crippen molar-refractivity contribution < 1.29 is 9.53 Å². The van der Waals surface area contributed by atoms with Gasteiger partial charge in [0.1, 0.15) is 17.0 Å². The van der Waals surface area contributed by atoms with E-state index in [1.807, 2.05) is 6.07 Å². The Kier molecular flexibility index (Phi) is 4.96. The molecule has 4 nitrogen and oxygen atoms in total. The first-order valence-electron chi connectivity index (χ1n) is 5.06. The van der Waals surface area contributed by atoms with E-state index in [1.54, 1.807) is 19.9 Å². The molecule has 1 heterocycles. The summed E-state index contributed by atoms with van der Waals surface area (Å²) < 4.78 is 4.87. The predicted molar refractivity (Wildman–Crippen MR) is 62.0 cm³/mol. The first kappa shape index (κ1) is 12.7. The fraction of sp³-hybridized carbons (Fsp3) is 0.455. The highest BCUT2D eigenvalue weighted by Gasteiger charge is 2.13. The summed E-state index contributed by atoms with van der Waals surface area (Å²) >= 11 is 1.42. The van der Waals surface area contributed by atoms with E-state index in [0.29, 0.717) is 18.0 Å². The van der Waals surface area contributed by atoms with Gasteiger partial charge in [-0.2, -0.15) is 5.26 Å². The van der Waals surface area contributed by atoms with Crippen LogP contribution in [0.3, 0.4) is 0 Å². The number of carbonyl (C=O) groups is 1. The van der Waals surface area contributed by atoms with E-state index in [4.69, 9.17) is 10.00 Å². The predicted octanol–water partition coefficient (Wildman–Crippen LogP) is 1.66. The number of carbonyl (C=O) groups excluding carboxylic acids is 1. The van der Waals surface area contributed by atoms with E-state index in [0.717, 1.165) is 4.88 Å². The maximum absolute atomic E-state index is 11.3. The highest BCUT2D eigenvalue weighted by atomic mass is 32.1. The lowest BCUT2D eigenvalue weighted by Crippen LogP contribution is -2.34. The van der Waals surface area contributed by atoms with Crippen molar-refractivity contribution in [2.45, 2.75) is 26.4 Å². The second-order valence-electron chi connectivity index (χ2n) is 3.23. The van der Waals surface area contributed by atoms with Crippen molar-refractivity contribution in [3.8, 4) is 6.07 Å². The van der Waals surface area contributed by atoms with Gasteiger partial charge in [0.15, 0.2) is 0 Å². The average Bonchev–Trinajstić information content (AvgIpc) is 2.74. The maximum atomic E-state index is 11.3. The summed E-state index contributed by atoms with van der Waals surface area (Å²) in [7, 11) is 0. The summed E-state index contributed by atoms with van der Waals surface area (Å²) in [5, 5.41) is 11.7. The number of ether oxygens (including phenoxy) is 1. The van der Waals surface area contributed by atoms with Crippen molar-refractivity contribution in [2.75, 3.05) is 6.61 Å². The Hall–Kier alpha value is -1.38. The SMILES string of the molecule is CCOC(=O)C(C)NCc1ccc(C#N)s1. The third-order valence-corrected chi connectivity index (χ3v) is 2.98. The molecule has 0 aliphatic rings. The Labute approximate surface area is 98.8 Å². The van der Waals surface area contributed by atoms with Crippen LogP contribution in [0.5, 0.6) is 0 Å². The molecule has 0 fully saturated rings. The van der Waals surface area contributed by atoms with Crippen LogP contribution in [0.25, 0.3) is 0 Å². The van der Waals surface area contributed by atoms with Crippen LogP contribution in [0.4, 0.5) is 0 Å². The Morgan fingerprint density at radius 1 is 1.69 bits per heavy atom. The molecule has 1 aromatic rings. The molecule has 0 aliphatic heterocycles. The van der Waals surface area contributed by atoms with E-state index in [1.165, 1.54) is 11.3 Å². The molecular formula is C11H14N2O2S. The van der Waals surface area contributed by atoms with E-state index in [2.05, 4.69) is 11.4 Å². The Morgan fingerprint density at radius 2 is 2.44 bits per heavy atom. The molecule has 1 rings (SSSR count). The molecule has 1 N–H and O–H groups in total. The summed E-state index contributed by atoms with van der Waals surface area (Å²) in [5.41, 5.74) is 0. The molecule has 1 atom stereocenters. The number of nitrogens with zero attached hydrogens (tertiary/aromatic N) is 1. The van der Waals surface area contributed by atoms with Crippen molar-refractivity contribution in [3.05, 3.63) is 21.9 Å². The lowest BCUT2D eigenvalue weighted by Gasteiger charge is -2.11. The first-order valence-corrected chi connectivity index (χ1v) is 5.87. The van der Waals surface area contributed by atoms with Crippen LogP contribution in [0, 0.1) is 11.3 Å². The molecular weight excluding hydrogens is 224 g/mol. The standard InChI is InChI=1S/C11H14N2O2S/c1-3-15-11(14)8(2)13-7-10-5-4-9(6-12)16-10/h4-5,8,13H,3,7H2,1-2H3. The Balaban J connectivity index is 2.40. The third-order valence-electron chi connectivity index (χ3n) is 1.99. The minimum Gasteiger partial charge on any atom is -0.465 e. The third kappa shape index (κ3) is 3.65. The lowest BCUT2D eigenvalue weighted by molar-refractivity contribution is -0.145. The molecule has 0 amide bonds. The highest BCUT2D eigenvalue weighted by molar-refractivity contribution is 7.12. The van der Waals surface area contributed by atoms with Gasteiger partial charge in [-0.3, -0.25) is 10.1 Å². The molecule has 0 bridgehead atoms. The maximum Gasteiger partial charge on any atom is 0.322 e. The topological polar surface area (TPSA) is 62.1 Å². The summed E-state index contributed by atoms with van der Waals surface area (Å²) in [6, 6.07) is 5.41. The van der Waals surface area contributed by atoms with Gasteiger partial charge >= 0.3 is 5.97 Å². The first-order chi connectivity index (χ1) is 7.67. The molecule has 1 unspecified atom stereocenters. The van der Waals surface area contributed by atoms with Gasteiger partial charge in [0, 0.05) is 11.4 Å². The molecule has 1 aromatic heterocycles. The quantitative estimate of drug-likeness (QED) is 0.792. The van der Waals surface area contributed by atoms with Crippen LogP contribution < -0.4 is 5.32 Å². The highest BCUT2D eigenvalue weighted by Crippen LogP contribution is 2.14. The second-order valence-corrected chi connectivity index (χ2v) is 4.40. The van der Waals surface area contributed by atoms with Gasteiger partial charge in [-0.15, -0.1) is 11.3 Å². The van der Waals surface area contributed by atoms with Crippen molar-refractivity contribution in [1.29, 1.82) is 5.26 Å². The minimum atomic E-state index is -0.326. The second kappa shape index (κ2) is 6.26. The van der Waals surface area contributed by atoms with E-state index in [-0.39, 0.29) is 12.0 Å². The van der Waals surface area contributed by atoms with Crippen LogP contribution in [-0.2, 0) is 16.1 Å². The van der Waals surface area contributed by atoms with Crippen LogP contribution in [-0.4, -0.2) is 18.6 Å². The van der Waals surface area contributed by atoms with E-state index >= 15 is 0 Å². The van der Waals surface area contributed by atoms with Crippen LogP contribution in [0.1, 0.15) is 23.6 Å². The van der Waals surface area contributed by atoms with Gasteiger partial charge in [0.2, 0.25) is 0 Å². The molecule has 86 valence electrons. The number of nitrogens with one attached hydrogen (secondary N) is 1. The normalized spacial score (nSPS) is 11.8. The summed E-state index contributed by atoms with van der Waals surface area (Å²) in [6.45, 7) is 4.51. The molecule has 0 aliphatic carbocycles. The largest absolute Gasteiger partial charge is 0.465 e. The van der Waals surface area contributed by atoms with Crippen LogP contribution >= 0.6 is 11.3 Å². The van der Waals surface area contributed by atoms with Gasteiger partial charge in [0.25, 0.3) is 0 Å². The Morgan fingerprint density at radius 3 is 3.00 bits per heavy atom. The fourth-order valence-corrected chi connectivity index (χ4v) is 1.89. The molecule has 0 saturated carbocycles. The zero-order valence-corrected chi connectivity index (χ0v) is 10.1. The zero-order chi connectivity index (χ0) is 12.0. The smallest absolute Gasteiger partial charge is 0.322 e. The minimum absolute atomic E-state index is 0.250. The summed E-state index contributed by atoms with van der Waals surface area (Å²) in [5.74, 6) is -0.250. The molecule has 0 aromatic carbocycles. The number of hydrogen-bond acceptors (Lipinski definition) is 5. The summed E-state index contributed by atoms with van der Waals surface area (Å²) in [6.07, 6.45) is 0. The van der Waals surface area contributed by atoms with Gasteiger partial charge in [-0.05, 0) is 26.0 Å². The molecule has 0 saturated heterocycles. The fourth-order valence-electron chi connectivity index (χ4n) is 1.14. The van der Waals surface area contributed by atoms with Gasteiger partial charge in [-0.25, -0.2) is 0 Å².